The number of rotatable bonds is 4. The average molecular weight is 362 g/mol. The predicted molar refractivity (Wildman–Crippen MR) is 79.6 cm³/mol. The molecule has 1 heterocycles. The fourth-order valence-electron chi connectivity index (χ4n) is 1.84. The van der Waals surface area contributed by atoms with Crippen LogP contribution in [0.4, 0.5) is 13.2 Å². The third kappa shape index (κ3) is 3.95. The topological polar surface area (TPSA) is 68.6 Å². The van der Waals surface area contributed by atoms with Crippen molar-refractivity contribution in [3.05, 3.63) is 52.9 Å². The summed E-state index contributed by atoms with van der Waals surface area (Å²) in [6, 6.07) is 6.72. The monoisotopic (exact) mass is 362 g/mol. The molecule has 6 nitrogen and oxygen atoms in total. The van der Waals surface area contributed by atoms with Crippen molar-refractivity contribution in [1.29, 1.82) is 0 Å². The standard InChI is InChI=1S/C14H13F3N2O4S/c1-18(2)24(21,22)12-7-8-13(20)19(9-12)10-3-5-11(6-4-10)23-14(15,16)17/h3-9H,1-2H3. The number of hydrogen-bond donors (Lipinski definition) is 0. The van der Waals surface area contributed by atoms with Crippen molar-refractivity contribution in [2.75, 3.05) is 14.1 Å². The van der Waals surface area contributed by atoms with Crippen molar-refractivity contribution in [3.63, 3.8) is 0 Å². The Labute approximate surface area is 135 Å². The third-order valence-corrected chi connectivity index (χ3v) is 4.81. The fraction of sp³-hybridized carbons (Fsp3) is 0.214. The summed E-state index contributed by atoms with van der Waals surface area (Å²) in [6.45, 7) is 0. The quantitative estimate of drug-likeness (QED) is 0.834. The SMILES string of the molecule is CN(C)S(=O)(=O)c1ccc(=O)n(-c2ccc(OC(F)(F)F)cc2)c1. The largest absolute Gasteiger partial charge is 0.573 e. The van der Waals surface area contributed by atoms with E-state index in [-0.39, 0.29) is 10.6 Å². The molecule has 0 aliphatic carbocycles. The first-order valence-corrected chi connectivity index (χ1v) is 7.96. The van der Waals surface area contributed by atoms with Crippen molar-refractivity contribution < 1.29 is 26.3 Å². The zero-order chi connectivity index (χ0) is 18.1. The molecule has 2 aromatic rings. The number of hydrogen-bond acceptors (Lipinski definition) is 4. The smallest absolute Gasteiger partial charge is 0.406 e. The molecule has 0 aliphatic rings. The zero-order valence-corrected chi connectivity index (χ0v) is 13.4. The molecule has 0 aliphatic heterocycles. The molecule has 0 spiro atoms. The van der Waals surface area contributed by atoms with Gasteiger partial charge in [0.15, 0.2) is 0 Å². The van der Waals surface area contributed by atoms with E-state index in [0.29, 0.717) is 0 Å². The maximum Gasteiger partial charge on any atom is 0.573 e. The van der Waals surface area contributed by atoms with Crippen LogP contribution < -0.4 is 10.3 Å². The molecule has 0 saturated carbocycles. The minimum absolute atomic E-state index is 0.122. The molecule has 24 heavy (non-hydrogen) atoms. The van der Waals surface area contributed by atoms with E-state index >= 15 is 0 Å². The molecule has 0 N–H and O–H groups in total. The Morgan fingerprint density at radius 3 is 2.12 bits per heavy atom. The van der Waals surface area contributed by atoms with Crippen LogP contribution in [0, 0.1) is 0 Å². The maximum absolute atomic E-state index is 12.1. The number of alkyl halides is 3. The zero-order valence-electron chi connectivity index (χ0n) is 12.6. The highest BCUT2D eigenvalue weighted by atomic mass is 32.2. The minimum Gasteiger partial charge on any atom is -0.406 e. The molecule has 0 radical (unpaired) electrons. The summed E-state index contributed by atoms with van der Waals surface area (Å²) < 4.78 is 66.4. The van der Waals surface area contributed by atoms with Gasteiger partial charge in [-0.15, -0.1) is 13.2 Å². The summed E-state index contributed by atoms with van der Waals surface area (Å²) in [5.41, 5.74) is -0.331. The second kappa shape index (κ2) is 6.29. The molecule has 0 saturated heterocycles. The molecule has 1 aromatic heterocycles. The lowest BCUT2D eigenvalue weighted by Gasteiger charge is -2.14. The average Bonchev–Trinajstić information content (AvgIpc) is 2.46. The Balaban J connectivity index is 2.44. The summed E-state index contributed by atoms with van der Waals surface area (Å²) >= 11 is 0. The van der Waals surface area contributed by atoms with Gasteiger partial charge in [-0.1, -0.05) is 0 Å². The molecule has 10 heteroatoms. The molecule has 0 fully saturated rings. The van der Waals surface area contributed by atoms with Gasteiger partial charge >= 0.3 is 6.36 Å². The number of sulfonamides is 1. The van der Waals surface area contributed by atoms with Gasteiger partial charge in [-0.3, -0.25) is 9.36 Å². The van der Waals surface area contributed by atoms with Crippen LogP contribution >= 0.6 is 0 Å². The second-order valence-electron chi connectivity index (χ2n) is 4.90. The Morgan fingerprint density at radius 1 is 1.04 bits per heavy atom. The van der Waals surface area contributed by atoms with Crippen LogP contribution in [-0.2, 0) is 10.0 Å². The van der Waals surface area contributed by atoms with E-state index in [9.17, 15) is 26.4 Å². The van der Waals surface area contributed by atoms with Crippen LogP contribution in [0.3, 0.4) is 0 Å². The maximum atomic E-state index is 12.1. The van der Waals surface area contributed by atoms with E-state index in [4.69, 9.17) is 0 Å². The first-order chi connectivity index (χ1) is 11.0. The lowest BCUT2D eigenvalue weighted by Crippen LogP contribution is -2.25. The molecule has 0 atom stereocenters. The fourth-order valence-corrected chi connectivity index (χ4v) is 2.74. The van der Waals surface area contributed by atoms with Crippen LogP contribution in [0.1, 0.15) is 0 Å². The Kier molecular flexibility index (Phi) is 4.72. The van der Waals surface area contributed by atoms with Gasteiger partial charge in [0.25, 0.3) is 5.56 Å². The van der Waals surface area contributed by atoms with Gasteiger partial charge in [-0.25, -0.2) is 12.7 Å². The van der Waals surface area contributed by atoms with E-state index < -0.39 is 27.7 Å². The number of benzene rings is 1. The molecular formula is C14H13F3N2O4S. The first kappa shape index (κ1) is 18.0. The highest BCUT2D eigenvalue weighted by molar-refractivity contribution is 7.89. The number of pyridine rings is 1. The molecule has 0 unspecified atom stereocenters. The van der Waals surface area contributed by atoms with Gasteiger partial charge in [-0.2, -0.15) is 0 Å². The van der Waals surface area contributed by atoms with Gasteiger partial charge in [0.05, 0.1) is 4.90 Å². The molecule has 130 valence electrons. The Hall–Kier alpha value is -2.33. The van der Waals surface area contributed by atoms with Crippen LogP contribution in [0.15, 0.2) is 52.3 Å². The van der Waals surface area contributed by atoms with Crippen LogP contribution in [-0.4, -0.2) is 37.7 Å². The molecule has 2 rings (SSSR count). The Morgan fingerprint density at radius 2 is 1.62 bits per heavy atom. The van der Waals surface area contributed by atoms with Crippen molar-refractivity contribution >= 4 is 10.0 Å². The summed E-state index contributed by atoms with van der Waals surface area (Å²) in [7, 11) is -1.07. The van der Waals surface area contributed by atoms with Crippen molar-refractivity contribution in [3.8, 4) is 11.4 Å². The van der Waals surface area contributed by atoms with E-state index in [1.54, 1.807) is 0 Å². The van der Waals surface area contributed by atoms with Gasteiger partial charge in [0.1, 0.15) is 5.75 Å². The summed E-state index contributed by atoms with van der Waals surface area (Å²) in [6.07, 6.45) is -3.71. The van der Waals surface area contributed by atoms with Crippen molar-refractivity contribution in [1.82, 2.24) is 8.87 Å². The van der Waals surface area contributed by atoms with Crippen molar-refractivity contribution in [2.24, 2.45) is 0 Å². The van der Waals surface area contributed by atoms with E-state index in [0.717, 1.165) is 39.3 Å². The highest BCUT2D eigenvalue weighted by Crippen LogP contribution is 2.23. The molecule has 1 aromatic carbocycles. The lowest BCUT2D eigenvalue weighted by atomic mass is 10.3. The number of ether oxygens (including phenoxy) is 1. The number of nitrogens with zero attached hydrogens (tertiary/aromatic N) is 2. The van der Waals surface area contributed by atoms with Crippen molar-refractivity contribution in [2.45, 2.75) is 11.3 Å². The highest BCUT2D eigenvalue weighted by Gasteiger charge is 2.31. The van der Waals surface area contributed by atoms with Gasteiger partial charge < -0.3 is 4.74 Å². The first-order valence-electron chi connectivity index (χ1n) is 6.52. The molecular weight excluding hydrogens is 349 g/mol. The Bertz CT molecular complexity index is 887. The van der Waals surface area contributed by atoms with Crippen LogP contribution in [0.2, 0.25) is 0 Å². The molecule has 0 bridgehead atoms. The molecule has 0 amide bonds. The predicted octanol–water partition coefficient (Wildman–Crippen LogP) is 1.99. The van der Waals surface area contributed by atoms with Gasteiger partial charge in [0.2, 0.25) is 10.0 Å². The van der Waals surface area contributed by atoms with Crippen LogP contribution in [0.25, 0.3) is 5.69 Å². The van der Waals surface area contributed by atoms with E-state index in [1.807, 2.05) is 0 Å². The normalized spacial score (nSPS) is 12.4. The van der Waals surface area contributed by atoms with E-state index in [1.165, 1.54) is 26.2 Å². The van der Waals surface area contributed by atoms with Gasteiger partial charge in [0, 0.05) is 32.0 Å². The second-order valence-corrected chi connectivity index (χ2v) is 7.05. The minimum atomic E-state index is -4.82. The van der Waals surface area contributed by atoms with Crippen LogP contribution in [0.5, 0.6) is 5.75 Å². The number of aromatic nitrogens is 1. The summed E-state index contributed by atoms with van der Waals surface area (Å²) in [5.74, 6) is -0.448. The number of halogens is 3. The summed E-state index contributed by atoms with van der Waals surface area (Å²) in [5, 5.41) is 0. The van der Waals surface area contributed by atoms with Gasteiger partial charge in [-0.05, 0) is 30.3 Å². The van der Waals surface area contributed by atoms with E-state index in [2.05, 4.69) is 4.74 Å². The summed E-state index contributed by atoms with van der Waals surface area (Å²) in [4.78, 5) is 11.8. The third-order valence-electron chi connectivity index (χ3n) is 3.01. The lowest BCUT2D eigenvalue weighted by molar-refractivity contribution is -0.274.